The lowest BCUT2D eigenvalue weighted by Crippen LogP contribution is -2.32. The van der Waals surface area contributed by atoms with E-state index in [2.05, 4.69) is 28.1 Å². The molecule has 170 valence electrons. The molecule has 0 spiro atoms. The average Bonchev–Trinajstić information content (AvgIpc) is 3.02. The van der Waals surface area contributed by atoms with Crippen LogP contribution >= 0.6 is 36.2 Å². The second kappa shape index (κ2) is 17.8. The Bertz CT molecular complexity index is 636. The normalized spacial score (nSPS) is 12.0. The van der Waals surface area contributed by atoms with Crippen molar-refractivity contribution in [3.63, 3.8) is 0 Å². The van der Waals surface area contributed by atoms with Crippen LogP contribution in [0.15, 0.2) is 0 Å². The maximum atomic E-state index is 11.1. The minimum Gasteiger partial charge on any atom is -0.358 e. The van der Waals surface area contributed by atoms with Crippen molar-refractivity contribution in [1.29, 1.82) is 0 Å². The van der Waals surface area contributed by atoms with Gasteiger partial charge in [0.25, 0.3) is 11.8 Å². The molecule has 1 saturated heterocycles. The molecule has 0 aromatic heterocycles. The van der Waals surface area contributed by atoms with Crippen LogP contribution < -0.4 is 10.6 Å². The highest BCUT2D eigenvalue weighted by Gasteiger charge is 2.32. The minimum atomic E-state index is -0.779. The van der Waals surface area contributed by atoms with Gasteiger partial charge in [-0.15, -0.1) is 5.06 Å². The van der Waals surface area contributed by atoms with E-state index in [1.807, 2.05) is 0 Å². The van der Waals surface area contributed by atoms with Gasteiger partial charge >= 0.3 is 5.97 Å². The SMILES string of the molecule is CC(=O)SCC(=O)ON1C(=O)CCC1=O.CNC(=O)CS.CNC(=O)CSC(C)=O. The Kier molecular flexibility index (Phi) is 17.8. The van der Waals surface area contributed by atoms with E-state index in [1.165, 1.54) is 13.8 Å². The van der Waals surface area contributed by atoms with Gasteiger partial charge < -0.3 is 15.5 Å². The van der Waals surface area contributed by atoms with Crippen LogP contribution in [0.25, 0.3) is 0 Å². The molecule has 1 rings (SSSR count). The molecule has 0 aliphatic carbocycles. The molecular formula is C16H25N3O8S3. The minimum absolute atomic E-state index is 0.0291. The van der Waals surface area contributed by atoms with Crippen LogP contribution in [0.2, 0.25) is 0 Å². The molecule has 30 heavy (non-hydrogen) atoms. The molecule has 0 atom stereocenters. The van der Waals surface area contributed by atoms with Gasteiger partial charge in [0.1, 0.15) is 5.75 Å². The second-order valence-corrected chi connectivity index (χ2v) is 7.73. The van der Waals surface area contributed by atoms with Gasteiger partial charge in [-0.05, 0) is 0 Å². The zero-order chi connectivity index (χ0) is 23.7. The molecule has 0 aromatic rings. The van der Waals surface area contributed by atoms with Crippen LogP contribution in [-0.2, 0) is 38.4 Å². The molecule has 0 saturated carbocycles. The van der Waals surface area contributed by atoms with Crippen LogP contribution in [0.3, 0.4) is 0 Å². The first-order chi connectivity index (χ1) is 14.0. The van der Waals surface area contributed by atoms with E-state index < -0.39 is 17.8 Å². The van der Waals surface area contributed by atoms with Gasteiger partial charge in [0, 0.05) is 40.8 Å². The van der Waals surface area contributed by atoms with Gasteiger partial charge in [-0.3, -0.25) is 28.8 Å². The highest BCUT2D eigenvalue weighted by molar-refractivity contribution is 8.14. The molecule has 4 amide bonds. The highest BCUT2D eigenvalue weighted by atomic mass is 32.2. The van der Waals surface area contributed by atoms with Crippen molar-refractivity contribution in [3.05, 3.63) is 0 Å². The van der Waals surface area contributed by atoms with Gasteiger partial charge in [-0.25, -0.2) is 4.79 Å². The number of rotatable bonds is 6. The summed E-state index contributed by atoms with van der Waals surface area (Å²) in [6.45, 7) is 2.75. The largest absolute Gasteiger partial charge is 0.358 e. The number of hydroxylamine groups is 2. The van der Waals surface area contributed by atoms with Crippen molar-refractivity contribution in [3.8, 4) is 0 Å². The summed E-state index contributed by atoms with van der Waals surface area (Å²) in [4.78, 5) is 78.8. The summed E-state index contributed by atoms with van der Waals surface area (Å²) in [7, 11) is 3.13. The van der Waals surface area contributed by atoms with E-state index in [0.29, 0.717) is 5.06 Å². The zero-order valence-electron chi connectivity index (χ0n) is 17.0. The zero-order valence-corrected chi connectivity index (χ0v) is 19.5. The first-order valence-electron chi connectivity index (χ1n) is 8.33. The number of carbonyl (C=O) groups excluding carboxylic acids is 7. The van der Waals surface area contributed by atoms with E-state index in [4.69, 9.17) is 0 Å². The number of nitrogens with zero attached hydrogens (tertiary/aromatic N) is 1. The summed E-state index contributed by atoms with van der Waals surface area (Å²) >= 11 is 5.46. The first kappa shape index (κ1) is 30.1. The van der Waals surface area contributed by atoms with Gasteiger partial charge in [-0.2, -0.15) is 12.6 Å². The predicted octanol–water partition coefficient (Wildman–Crippen LogP) is -0.452. The summed E-state index contributed by atoms with van der Waals surface area (Å²) < 4.78 is 0. The molecule has 1 aliphatic rings. The number of amides is 4. The lowest BCUT2D eigenvalue weighted by atomic mass is 10.4. The van der Waals surface area contributed by atoms with E-state index >= 15 is 0 Å². The van der Waals surface area contributed by atoms with Gasteiger partial charge in [0.2, 0.25) is 11.8 Å². The van der Waals surface area contributed by atoms with E-state index in [9.17, 15) is 33.6 Å². The maximum absolute atomic E-state index is 11.1. The Labute approximate surface area is 188 Å². The van der Waals surface area contributed by atoms with Crippen LogP contribution in [0, 0.1) is 0 Å². The maximum Gasteiger partial charge on any atom is 0.343 e. The molecule has 1 heterocycles. The average molecular weight is 484 g/mol. The Hall–Kier alpha value is -2.06. The van der Waals surface area contributed by atoms with E-state index in [0.717, 1.165) is 23.5 Å². The second-order valence-electron chi connectivity index (χ2n) is 5.11. The molecule has 0 bridgehead atoms. The van der Waals surface area contributed by atoms with Crippen molar-refractivity contribution in [2.75, 3.05) is 31.4 Å². The summed E-state index contributed by atoms with van der Waals surface area (Å²) in [5, 5.41) is 5.01. The molecule has 2 N–H and O–H groups in total. The summed E-state index contributed by atoms with van der Waals surface area (Å²) in [6.07, 6.45) is 0.123. The van der Waals surface area contributed by atoms with E-state index in [-0.39, 0.29) is 52.1 Å². The monoisotopic (exact) mass is 483 g/mol. The lowest BCUT2D eigenvalue weighted by molar-refractivity contribution is -0.195. The third kappa shape index (κ3) is 16.9. The van der Waals surface area contributed by atoms with Gasteiger partial charge in [0.05, 0.1) is 11.5 Å². The molecule has 0 aromatic carbocycles. The van der Waals surface area contributed by atoms with Crippen LogP contribution in [0.1, 0.15) is 26.7 Å². The fraction of sp³-hybridized carbons (Fsp3) is 0.562. The van der Waals surface area contributed by atoms with Gasteiger partial charge in [0.15, 0.2) is 10.2 Å². The van der Waals surface area contributed by atoms with Crippen molar-refractivity contribution >= 4 is 76.0 Å². The molecule has 1 fully saturated rings. The molecule has 0 unspecified atom stereocenters. The quantitative estimate of drug-likeness (QED) is 0.334. The lowest BCUT2D eigenvalue weighted by Gasteiger charge is -2.11. The Morgan fingerprint density at radius 2 is 1.33 bits per heavy atom. The number of nitrogens with one attached hydrogen (secondary N) is 2. The fourth-order valence-corrected chi connectivity index (χ4v) is 2.28. The number of thiol groups is 1. The summed E-state index contributed by atoms with van der Waals surface area (Å²) in [6, 6.07) is 0. The summed E-state index contributed by atoms with van der Waals surface area (Å²) in [5.41, 5.74) is 0. The number of hydrogen-bond acceptors (Lipinski definition) is 11. The molecule has 0 radical (unpaired) electrons. The standard InChI is InChI=1S/C8H9NO5S.C5H9NO2S.C3H7NOS/c1-5(10)15-4-8(13)14-9-6(11)2-3-7(9)12;1-4(7)9-3-5(8)6-2;1-4-3(5)2-6/h2-4H2,1H3;3H2,1-2H3,(H,6,8);6H,2H2,1H3,(H,4,5). The van der Waals surface area contributed by atoms with Crippen molar-refractivity contribution < 1.29 is 38.4 Å². The van der Waals surface area contributed by atoms with Crippen molar-refractivity contribution in [2.24, 2.45) is 0 Å². The Balaban J connectivity index is 0. The number of hydrogen-bond donors (Lipinski definition) is 3. The molecule has 14 heteroatoms. The molecule has 1 aliphatic heterocycles. The van der Waals surface area contributed by atoms with Crippen LogP contribution in [-0.4, -0.2) is 76.2 Å². The highest BCUT2D eigenvalue weighted by Crippen LogP contribution is 2.13. The van der Waals surface area contributed by atoms with E-state index in [1.54, 1.807) is 14.1 Å². The topological polar surface area (TPSA) is 156 Å². The van der Waals surface area contributed by atoms with Crippen LogP contribution in [0.4, 0.5) is 0 Å². The van der Waals surface area contributed by atoms with Crippen LogP contribution in [0.5, 0.6) is 0 Å². The Morgan fingerprint density at radius 1 is 0.900 bits per heavy atom. The van der Waals surface area contributed by atoms with Gasteiger partial charge in [-0.1, -0.05) is 23.5 Å². The number of carbonyl (C=O) groups is 7. The Morgan fingerprint density at radius 3 is 1.67 bits per heavy atom. The van der Waals surface area contributed by atoms with Crippen molar-refractivity contribution in [1.82, 2.24) is 15.7 Å². The van der Waals surface area contributed by atoms with Crippen molar-refractivity contribution in [2.45, 2.75) is 26.7 Å². The third-order valence-corrected chi connectivity index (χ3v) is 4.59. The summed E-state index contributed by atoms with van der Waals surface area (Å²) in [5.74, 6) is -1.69. The number of thioether (sulfide) groups is 2. The molecule has 11 nitrogen and oxygen atoms in total. The number of imide groups is 1. The fourth-order valence-electron chi connectivity index (χ4n) is 1.26. The smallest absolute Gasteiger partial charge is 0.343 e. The molecular weight excluding hydrogens is 458 g/mol. The first-order valence-corrected chi connectivity index (χ1v) is 10.9. The third-order valence-electron chi connectivity index (χ3n) is 2.70. The predicted molar refractivity (Wildman–Crippen MR) is 115 cm³/mol.